The first-order valence-corrected chi connectivity index (χ1v) is 4.02. The van der Waals surface area contributed by atoms with Gasteiger partial charge in [-0.2, -0.15) is 5.10 Å². The molecule has 0 bridgehead atoms. The second-order valence-corrected chi connectivity index (χ2v) is 3.67. The molecule has 0 heterocycles. The second kappa shape index (κ2) is 3.05. The average molecular weight is 189 g/mol. The lowest BCUT2D eigenvalue weighted by Crippen LogP contribution is -2.49. The Hall–Kier alpha value is -1.00. The summed E-state index contributed by atoms with van der Waals surface area (Å²) in [6, 6.07) is 0. The van der Waals surface area contributed by atoms with Crippen LogP contribution in [0.3, 0.4) is 0 Å². The molecule has 0 atom stereocenters. The van der Waals surface area contributed by atoms with Gasteiger partial charge < -0.3 is 5.84 Å². The van der Waals surface area contributed by atoms with E-state index in [1.54, 1.807) is 14.0 Å². The first kappa shape index (κ1) is 10.1. The number of hydrogen-bond acceptors (Lipinski definition) is 3. The van der Waals surface area contributed by atoms with Crippen LogP contribution in [0.15, 0.2) is 10.1 Å². The normalized spacial score (nSPS) is 26.0. The van der Waals surface area contributed by atoms with Gasteiger partial charge in [0.05, 0.1) is 5.71 Å². The molecule has 0 aromatic heterocycles. The lowest BCUT2D eigenvalue weighted by Gasteiger charge is -2.44. The lowest BCUT2D eigenvalue weighted by molar-refractivity contribution is -0.125. The van der Waals surface area contributed by atoms with Gasteiger partial charge in [0, 0.05) is 31.5 Å². The van der Waals surface area contributed by atoms with E-state index in [1.807, 2.05) is 0 Å². The maximum atomic E-state index is 12.6. The standard InChI is InChI=1S/C8H13F2N3/c1-7(4-8(9,10)5-7)6(13-11)3-12-2/h3H,4-5,11H2,1-2H3. The molecule has 5 heteroatoms. The number of nitrogens with zero attached hydrogens (tertiary/aromatic N) is 2. The minimum Gasteiger partial charge on any atom is -0.323 e. The molecule has 1 aliphatic carbocycles. The summed E-state index contributed by atoms with van der Waals surface area (Å²) in [6.45, 7) is 1.72. The molecular formula is C8H13F2N3. The van der Waals surface area contributed by atoms with Crippen molar-refractivity contribution in [2.75, 3.05) is 7.05 Å². The fourth-order valence-electron chi connectivity index (χ4n) is 1.74. The molecule has 2 N–H and O–H groups in total. The van der Waals surface area contributed by atoms with Crippen molar-refractivity contribution < 1.29 is 8.78 Å². The van der Waals surface area contributed by atoms with Gasteiger partial charge in [0.25, 0.3) is 0 Å². The van der Waals surface area contributed by atoms with E-state index in [-0.39, 0.29) is 12.8 Å². The maximum absolute atomic E-state index is 12.6. The summed E-state index contributed by atoms with van der Waals surface area (Å²) in [5.41, 5.74) is -0.154. The number of hydrogen-bond donors (Lipinski definition) is 1. The molecule has 1 rings (SSSR count). The van der Waals surface area contributed by atoms with Gasteiger partial charge in [-0.1, -0.05) is 6.92 Å². The van der Waals surface area contributed by atoms with Crippen molar-refractivity contribution in [3.8, 4) is 0 Å². The summed E-state index contributed by atoms with van der Waals surface area (Å²) in [7, 11) is 1.56. The highest BCUT2D eigenvalue weighted by Gasteiger charge is 2.55. The van der Waals surface area contributed by atoms with E-state index in [0.29, 0.717) is 5.71 Å². The quantitative estimate of drug-likeness (QED) is 0.399. The summed E-state index contributed by atoms with van der Waals surface area (Å²) < 4.78 is 25.3. The zero-order chi connectivity index (χ0) is 10.1. The molecule has 3 nitrogen and oxygen atoms in total. The van der Waals surface area contributed by atoms with Crippen LogP contribution in [0.2, 0.25) is 0 Å². The summed E-state index contributed by atoms with van der Waals surface area (Å²) >= 11 is 0. The molecule has 0 saturated heterocycles. The first-order chi connectivity index (χ1) is 5.93. The monoisotopic (exact) mass is 189 g/mol. The fourth-order valence-corrected chi connectivity index (χ4v) is 1.74. The minimum absolute atomic E-state index is 0.192. The summed E-state index contributed by atoms with van der Waals surface area (Å²) in [5, 5.41) is 3.47. The molecule has 0 aliphatic heterocycles. The Balaban J connectivity index is 2.73. The average Bonchev–Trinajstić information content (AvgIpc) is 1.95. The van der Waals surface area contributed by atoms with Crippen molar-refractivity contribution in [3.05, 3.63) is 0 Å². The van der Waals surface area contributed by atoms with E-state index in [9.17, 15) is 8.78 Å². The number of alkyl halides is 2. The van der Waals surface area contributed by atoms with E-state index in [0.717, 1.165) is 0 Å². The first-order valence-electron chi connectivity index (χ1n) is 4.02. The third-order valence-electron chi connectivity index (χ3n) is 2.31. The molecule has 1 fully saturated rings. The zero-order valence-corrected chi connectivity index (χ0v) is 7.72. The van der Waals surface area contributed by atoms with Crippen LogP contribution >= 0.6 is 0 Å². The van der Waals surface area contributed by atoms with Crippen molar-refractivity contribution in [1.29, 1.82) is 0 Å². The van der Waals surface area contributed by atoms with Crippen LogP contribution in [0.25, 0.3) is 0 Å². The summed E-state index contributed by atoms with van der Waals surface area (Å²) in [6.07, 6.45) is 1.05. The third-order valence-corrected chi connectivity index (χ3v) is 2.31. The van der Waals surface area contributed by atoms with E-state index in [1.165, 1.54) is 6.21 Å². The lowest BCUT2D eigenvalue weighted by atomic mass is 9.64. The van der Waals surface area contributed by atoms with Crippen LogP contribution in [0.1, 0.15) is 19.8 Å². The smallest absolute Gasteiger partial charge is 0.250 e. The zero-order valence-electron chi connectivity index (χ0n) is 7.72. The van der Waals surface area contributed by atoms with Gasteiger partial charge in [0.1, 0.15) is 0 Å². The van der Waals surface area contributed by atoms with E-state index in [2.05, 4.69) is 10.1 Å². The summed E-state index contributed by atoms with van der Waals surface area (Å²) in [4.78, 5) is 3.72. The predicted molar refractivity (Wildman–Crippen MR) is 48.3 cm³/mol. The molecule has 0 aromatic carbocycles. The number of nitrogens with two attached hydrogens (primary N) is 1. The highest BCUT2D eigenvalue weighted by atomic mass is 19.3. The fraction of sp³-hybridized carbons (Fsp3) is 0.750. The molecule has 1 aliphatic rings. The Bertz CT molecular complexity index is 250. The van der Waals surface area contributed by atoms with E-state index >= 15 is 0 Å². The molecule has 0 amide bonds. The Morgan fingerprint density at radius 1 is 1.46 bits per heavy atom. The Morgan fingerprint density at radius 2 is 2.00 bits per heavy atom. The number of hydrazone groups is 1. The molecule has 0 spiro atoms. The van der Waals surface area contributed by atoms with Crippen LogP contribution < -0.4 is 5.84 Å². The molecule has 0 aromatic rings. The van der Waals surface area contributed by atoms with Crippen LogP contribution in [-0.4, -0.2) is 24.9 Å². The number of rotatable bonds is 2. The third kappa shape index (κ3) is 1.84. The van der Waals surface area contributed by atoms with Gasteiger partial charge in [-0.25, -0.2) is 8.78 Å². The molecule has 74 valence electrons. The van der Waals surface area contributed by atoms with Crippen molar-refractivity contribution in [1.82, 2.24) is 0 Å². The molecule has 0 radical (unpaired) electrons. The molecule has 0 unspecified atom stereocenters. The highest BCUT2D eigenvalue weighted by molar-refractivity contribution is 6.33. The van der Waals surface area contributed by atoms with Crippen molar-refractivity contribution in [2.45, 2.75) is 25.7 Å². The van der Waals surface area contributed by atoms with E-state index < -0.39 is 11.3 Å². The van der Waals surface area contributed by atoms with Crippen LogP contribution in [0.5, 0.6) is 0 Å². The van der Waals surface area contributed by atoms with E-state index in [4.69, 9.17) is 5.84 Å². The largest absolute Gasteiger partial charge is 0.323 e. The summed E-state index contributed by atoms with van der Waals surface area (Å²) in [5.74, 6) is 2.53. The molecular weight excluding hydrogens is 176 g/mol. The van der Waals surface area contributed by atoms with Gasteiger partial charge >= 0.3 is 0 Å². The van der Waals surface area contributed by atoms with Crippen molar-refractivity contribution >= 4 is 11.9 Å². The minimum atomic E-state index is -2.56. The van der Waals surface area contributed by atoms with Gasteiger partial charge in [0.15, 0.2) is 0 Å². The Morgan fingerprint density at radius 3 is 2.31 bits per heavy atom. The number of aliphatic imine (C=N–C) groups is 1. The van der Waals surface area contributed by atoms with Gasteiger partial charge in [-0.15, -0.1) is 0 Å². The van der Waals surface area contributed by atoms with Crippen molar-refractivity contribution in [3.63, 3.8) is 0 Å². The molecule has 13 heavy (non-hydrogen) atoms. The van der Waals surface area contributed by atoms with Crippen LogP contribution in [-0.2, 0) is 0 Å². The predicted octanol–water partition coefficient (Wildman–Crippen LogP) is 1.44. The van der Waals surface area contributed by atoms with Crippen molar-refractivity contribution in [2.24, 2.45) is 21.4 Å². The van der Waals surface area contributed by atoms with Crippen LogP contribution in [0, 0.1) is 5.41 Å². The van der Waals surface area contributed by atoms with Crippen LogP contribution in [0.4, 0.5) is 8.78 Å². The Labute approximate surface area is 75.7 Å². The number of halogens is 2. The SMILES string of the molecule is CN=CC(=NN)C1(C)CC(F)(F)C1. The Kier molecular flexibility index (Phi) is 2.36. The van der Waals surface area contributed by atoms with Gasteiger partial charge in [-0.05, 0) is 0 Å². The van der Waals surface area contributed by atoms with Gasteiger partial charge in [-0.3, -0.25) is 4.99 Å². The highest BCUT2D eigenvalue weighted by Crippen LogP contribution is 2.52. The maximum Gasteiger partial charge on any atom is 0.250 e. The topological polar surface area (TPSA) is 50.7 Å². The molecule has 1 saturated carbocycles. The van der Waals surface area contributed by atoms with Gasteiger partial charge in [0.2, 0.25) is 5.92 Å². The second-order valence-electron chi connectivity index (χ2n) is 3.67.